The second-order valence-electron chi connectivity index (χ2n) is 4.96. The fraction of sp³-hybridized carbons (Fsp3) is 0.308. The highest BCUT2D eigenvalue weighted by Gasteiger charge is 2.20. The third-order valence-corrected chi connectivity index (χ3v) is 3.80. The maximum atomic E-state index is 12.1. The fourth-order valence-corrected chi connectivity index (χ4v) is 3.44. The monoisotopic (exact) mass is 421 g/mol. The summed E-state index contributed by atoms with van der Waals surface area (Å²) >= 11 is 5.72. The third-order valence-electron chi connectivity index (χ3n) is 2.32. The first-order chi connectivity index (χ1) is 8.29. The van der Waals surface area contributed by atoms with Gasteiger partial charge < -0.3 is 4.74 Å². The number of rotatable bonds is 0. The molecule has 0 amide bonds. The number of nitrogens with zero attached hydrogens (tertiary/aromatic N) is 1. The number of carbonyl (C=O) groups excluding carboxylic acids is 1. The zero-order chi connectivity index (χ0) is 13.5. The molecule has 1 aromatic carbocycles. The molecule has 2 rings (SSSR count). The van der Waals surface area contributed by atoms with Gasteiger partial charge >= 0.3 is 6.09 Å². The molecule has 3 nitrogen and oxygen atoms in total. The highest BCUT2D eigenvalue weighted by molar-refractivity contribution is 14.1. The minimum atomic E-state index is -0.495. The van der Waals surface area contributed by atoms with Crippen molar-refractivity contribution in [2.75, 3.05) is 0 Å². The van der Waals surface area contributed by atoms with E-state index in [-0.39, 0.29) is 6.09 Å². The van der Waals surface area contributed by atoms with Crippen LogP contribution in [0.25, 0.3) is 10.9 Å². The molecular weight excluding hydrogens is 409 g/mol. The molecule has 0 aliphatic heterocycles. The van der Waals surface area contributed by atoms with Gasteiger partial charge in [-0.15, -0.1) is 0 Å². The van der Waals surface area contributed by atoms with Gasteiger partial charge in [-0.1, -0.05) is 22.0 Å². The Bertz CT molecular complexity index is 613. The first kappa shape index (κ1) is 13.9. The van der Waals surface area contributed by atoms with Gasteiger partial charge in [0.15, 0.2) is 0 Å². The Hall–Kier alpha value is -0.560. The molecule has 0 saturated carbocycles. The lowest BCUT2D eigenvalue weighted by atomic mass is 10.2. The molecule has 2 aromatic rings. The Balaban J connectivity index is 2.53. The molecule has 1 aromatic heterocycles. The number of benzene rings is 1. The Labute approximate surface area is 128 Å². The fourth-order valence-electron chi connectivity index (χ4n) is 1.66. The molecule has 0 N–H and O–H groups in total. The van der Waals surface area contributed by atoms with Gasteiger partial charge in [0.05, 0.1) is 5.52 Å². The van der Waals surface area contributed by atoms with E-state index < -0.39 is 5.60 Å². The number of hydrogen-bond acceptors (Lipinski definition) is 2. The summed E-state index contributed by atoms with van der Waals surface area (Å²) in [5.41, 5.74) is 0.355. The van der Waals surface area contributed by atoms with Crippen LogP contribution in [0, 0.1) is 3.57 Å². The molecule has 0 saturated heterocycles. The second kappa shape index (κ2) is 4.85. The van der Waals surface area contributed by atoms with E-state index in [1.165, 1.54) is 0 Å². The van der Waals surface area contributed by atoms with Gasteiger partial charge in [-0.25, -0.2) is 4.79 Å². The summed E-state index contributed by atoms with van der Waals surface area (Å²) in [6.45, 7) is 5.58. The Morgan fingerprint density at radius 2 is 2.06 bits per heavy atom. The Kier molecular flexibility index (Phi) is 3.73. The van der Waals surface area contributed by atoms with Gasteiger partial charge in [0.2, 0.25) is 0 Å². The van der Waals surface area contributed by atoms with Crippen molar-refractivity contribution in [3.05, 3.63) is 32.4 Å². The molecular formula is C13H13BrINO2. The van der Waals surface area contributed by atoms with Crippen LogP contribution in [-0.4, -0.2) is 16.3 Å². The number of aromatic nitrogens is 1. The van der Waals surface area contributed by atoms with Crippen molar-refractivity contribution < 1.29 is 9.53 Å². The molecule has 96 valence electrons. The van der Waals surface area contributed by atoms with Crippen molar-refractivity contribution in [1.29, 1.82) is 0 Å². The van der Waals surface area contributed by atoms with Crippen LogP contribution >= 0.6 is 38.5 Å². The van der Waals surface area contributed by atoms with Crippen LogP contribution in [0.3, 0.4) is 0 Å². The minimum Gasteiger partial charge on any atom is -0.443 e. The molecule has 0 fully saturated rings. The number of carbonyl (C=O) groups is 1. The largest absolute Gasteiger partial charge is 0.443 e. The Morgan fingerprint density at radius 1 is 1.39 bits per heavy atom. The highest BCUT2D eigenvalue weighted by Crippen LogP contribution is 2.30. The maximum Gasteiger partial charge on any atom is 0.419 e. The van der Waals surface area contributed by atoms with E-state index in [9.17, 15) is 4.79 Å². The molecule has 0 radical (unpaired) electrons. The number of hydrogen-bond donors (Lipinski definition) is 0. The average Bonchev–Trinajstić information content (AvgIpc) is 2.55. The first-order valence-electron chi connectivity index (χ1n) is 5.48. The zero-order valence-corrected chi connectivity index (χ0v) is 14.1. The van der Waals surface area contributed by atoms with Crippen LogP contribution in [-0.2, 0) is 4.74 Å². The van der Waals surface area contributed by atoms with E-state index >= 15 is 0 Å². The topological polar surface area (TPSA) is 31.2 Å². The van der Waals surface area contributed by atoms with Crippen molar-refractivity contribution in [1.82, 2.24) is 4.57 Å². The van der Waals surface area contributed by atoms with Crippen LogP contribution in [0.5, 0.6) is 0 Å². The van der Waals surface area contributed by atoms with Crippen molar-refractivity contribution in [3.8, 4) is 0 Å². The zero-order valence-electron chi connectivity index (χ0n) is 10.3. The molecule has 0 bridgehead atoms. The second-order valence-corrected chi connectivity index (χ2v) is 6.98. The molecule has 0 aliphatic rings. The van der Waals surface area contributed by atoms with E-state index in [1.54, 1.807) is 10.8 Å². The van der Waals surface area contributed by atoms with Gasteiger partial charge in [0, 0.05) is 19.6 Å². The normalized spacial score (nSPS) is 11.8. The van der Waals surface area contributed by atoms with E-state index in [1.807, 2.05) is 39.0 Å². The first-order valence-corrected chi connectivity index (χ1v) is 7.35. The molecule has 0 spiro atoms. The highest BCUT2D eigenvalue weighted by atomic mass is 127. The average molecular weight is 422 g/mol. The van der Waals surface area contributed by atoms with Gasteiger partial charge in [-0.05, 0) is 55.5 Å². The van der Waals surface area contributed by atoms with Crippen LogP contribution in [0.4, 0.5) is 4.79 Å². The van der Waals surface area contributed by atoms with E-state index in [0.717, 1.165) is 18.9 Å². The van der Waals surface area contributed by atoms with Crippen molar-refractivity contribution in [2.24, 2.45) is 0 Å². The van der Waals surface area contributed by atoms with Crippen LogP contribution in [0.1, 0.15) is 20.8 Å². The lowest BCUT2D eigenvalue weighted by Crippen LogP contribution is -2.26. The predicted octanol–water partition coefficient (Wildman–Crippen LogP) is 4.79. The van der Waals surface area contributed by atoms with Crippen LogP contribution < -0.4 is 0 Å². The van der Waals surface area contributed by atoms with E-state index in [4.69, 9.17) is 4.74 Å². The SMILES string of the molecule is CC(C)(C)OC(=O)n1cc(I)c2c(Br)cccc21. The summed E-state index contributed by atoms with van der Waals surface area (Å²) in [5, 5.41) is 1.03. The summed E-state index contributed by atoms with van der Waals surface area (Å²) in [4.78, 5) is 12.1. The van der Waals surface area contributed by atoms with Crippen LogP contribution in [0.15, 0.2) is 28.9 Å². The van der Waals surface area contributed by atoms with Crippen molar-refractivity contribution >= 4 is 55.5 Å². The molecule has 18 heavy (non-hydrogen) atoms. The summed E-state index contributed by atoms with van der Waals surface area (Å²) < 4.78 is 8.93. The minimum absolute atomic E-state index is 0.353. The predicted molar refractivity (Wildman–Crippen MR) is 84.0 cm³/mol. The van der Waals surface area contributed by atoms with Crippen LogP contribution in [0.2, 0.25) is 0 Å². The number of halogens is 2. The summed E-state index contributed by atoms with van der Waals surface area (Å²) in [7, 11) is 0. The molecule has 5 heteroatoms. The van der Waals surface area contributed by atoms with E-state index in [2.05, 4.69) is 38.5 Å². The maximum absolute atomic E-state index is 12.1. The Morgan fingerprint density at radius 3 is 2.67 bits per heavy atom. The quantitative estimate of drug-likeness (QED) is 0.572. The van der Waals surface area contributed by atoms with E-state index in [0.29, 0.717) is 0 Å². The summed E-state index contributed by atoms with van der Waals surface area (Å²) in [5.74, 6) is 0. The standard InChI is InChI=1S/C13H13BrINO2/c1-13(2,3)18-12(17)16-7-9(15)11-8(14)5-4-6-10(11)16/h4-7H,1-3H3. The van der Waals surface area contributed by atoms with Gasteiger partial charge in [0.25, 0.3) is 0 Å². The van der Waals surface area contributed by atoms with Gasteiger partial charge in [-0.2, -0.15) is 0 Å². The summed E-state index contributed by atoms with van der Waals surface area (Å²) in [6, 6.07) is 5.78. The van der Waals surface area contributed by atoms with Crippen molar-refractivity contribution in [2.45, 2.75) is 26.4 Å². The lowest BCUT2D eigenvalue weighted by molar-refractivity contribution is 0.0544. The van der Waals surface area contributed by atoms with Crippen molar-refractivity contribution in [3.63, 3.8) is 0 Å². The summed E-state index contributed by atoms with van der Waals surface area (Å²) in [6.07, 6.45) is 1.44. The molecule has 0 atom stereocenters. The number of fused-ring (bicyclic) bond motifs is 1. The third kappa shape index (κ3) is 2.71. The smallest absolute Gasteiger partial charge is 0.419 e. The molecule has 0 aliphatic carbocycles. The molecule has 1 heterocycles. The molecule has 0 unspecified atom stereocenters. The number of ether oxygens (including phenoxy) is 1. The van der Waals surface area contributed by atoms with Gasteiger partial charge in [0.1, 0.15) is 5.60 Å². The van der Waals surface area contributed by atoms with Gasteiger partial charge in [-0.3, -0.25) is 4.57 Å². The lowest BCUT2D eigenvalue weighted by Gasteiger charge is -2.19.